The molecule has 12 heteroatoms. The van der Waals surface area contributed by atoms with Crippen LogP contribution in [0, 0.1) is 19.8 Å². The van der Waals surface area contributed by atoms with Gasteiger partial charge in [0.25, 0.3) is 0 Å². The molecule has 1 aromatic carbocycles. The molecule has 0 radical (unpaired) electrons. The summed E-state index contributed by atoms with van der Waals surface area (Å²) in [5.41, 5.74) is 0.627. The first-order valence-corrected chi connectivity index (χ1v) is 13.2. The molecule has 4 heterocycles. The van der Waals surface area contributed by atoms with Crippen LogP contribution in [0.3, 0.4) is 0 Å². The Bertz CT molecular complexity index is 1320. The number of carbonyl (C=O) groups is 1. The molecular formula is C22H24N4O6S2. The lowest BCUT2D eigenvalue weighted by atomic mass is 9.97. The summed E-state index contributed by atoms with van der Waals surface area (Å²) in [7, 11) is -3.70. The van der Waals surface area contributed by atoms with Crippen molar-refractivity contribution in [2.24, 2.45) is 5.92 Å². The fourth-order valence-corrected chi connectivity index (χ4v) is 7.05. The Morgan fingerprint density at radius 1 is 1.12 bits per heavy atom. The maximum atomic E-state index is 13.3. The highest BCUT2D eigenvalue weighted by molar-refractivity contribution is 7.89. The number of nitrogens with one attached hydrogen (secondary N) is 1. The van der Waals surface area contributed by atoms with Gasteiger partial charge in [-0.15, -0.1) is 11.3 Å². The topological polar surface area (TPSA) is 124 Å². The lowest BCUT2D eigenvalue weighted by Crippen LogP contribution is -2.41. The second-order valence-electron chi connectivity index (χ2n) is 8.19. The third-order valence-electron chi connectivity index (χ3n) is 5.87. The molecule has 1 fully saturated rings. The summed E-state index contributed by atoms with van der Waals surface area (Å²) < 4.78 is 44.1. The lowest BCUT2D eigenvalue weighted by Gasteiger charge is -2.30. The SMILES string of the molecule is Cc1nc(-c2cc(S(=O)(=O)N3CCC(C(=O)Nc4ccc5c(c4)OCCO5)CC3)c(C)s2)no1. The Morgan fingerprint density at radius 2 is 1.85 bits per heavy atom. The number of benzene rings is 1. The van der Waals surface area contributed by atoms with Gasteiger partial charge in [0, 0.05) is 42.6 Å². The van der Waals surface area contributed by atoms with E-state index < -0.39 is 10.0 Å². The number of nitrogens with zero attached hydrogens (tertiary/aromatic N) is 3. The number of rotatable bonds is 5. The van der Waals surface area contributed by atoms with Crippen molar-refractivity contribution in [1.82, 2.24) is 14.4 Å². The van der Waals surface area contributed by atoms with Crippen LogP contribution in [0.5, 0.6) is 11.5 Å². The average Bonchev–Trinajstić information content (AvgIpc) is 3.45. The first kappa shape index (κ1) is 22.8. The van der Waals surface area contributed by atoms with E-state index in [9.17, 15) is 13.2 Å². The van der Waals surface area contributed by atoms with Gasteiger partial charge in [-0.1, -0.05) is 5.16 Å². The highest BCUT2D eigenvalue weighted by Crippen LogP contribution is 2.36. The van der Waals surface area contributed by atoms with Crippen molar-refractivity contribution >= 4 is 33.0 Å². The predicted octanol–water partition coefficient (Wildman–Crippen LogP) is 3.23. The number of aromatic nitrogens is 2. The van der Waals surface area contributed by atoms with Crippen molar-refractivity contribution in [2.75, 3.05) is 31.6 Å². The van der Waals surface area contributed by atoms with Gasteiger partial charge in [-0.2, -0.15) is 9.29 Å². The summed E-state index contributed by atoms with van der Waals surface area (Å²) in [6, 6.07) is 6.88. The highest BCUT2D eigenvalue weighted by Gasteiger charge is 2.34. The molecule has 1 saturated heterocycles. The summed E-state index contributed by atoms with van der Waals surface area (Å²) in [4.78, 5) is 18.5. The monoisotopic (exact) mass is 504 g/mol. The van der Waals surface area contributed by atoms with Gasteiger partial charge in [-0.25, -0.2) is 8.42 Å². The van der Waals surface area contributed by atoms with Crippen LogP contribution in [-0.2, 0) is 14.8 Å². The number of aryl methyl sites for hydroxylation is 2. The molecule has 34 heavy (non-hydrogen) atoms. The number of sulfonamides is 1. The van der Waals surface area contributed by atoms with Crippen LogP contribution in [0.25, 0.3) is 10.7 Å². The standard InChI is InChI=1S/C22H24N4O6S2/c1-13-20(12-19(33-13)21-23-14(2)32-25-21)34(28,29)26-7-5-15(6-8-26)22(27)24-16-3-4-17-18(11-16)31-10-9-30-17/h3-4,11-12,15H,5-10H2,1-2H3,(H,24,27). The second-order valence-corrected chi connectivity index (χ2v) is 11.4. The van der Waals surface area contributed by atoms with E-state index in [1.54, 1.807) is 38.1 Å². The van der Waals surface area contributed by atoms with Crippen molar-refractivity contribution in [3.05, 3.63) is 35.0 Å². The molecule has 0 atom stereocenters. The number of fused-ring (bicyclic) bond motifs is 1. The van der Waals surface area contributed by atoms with Gasteiger partial charge in [-0.3, -0.25) is 4.79 Å². The number of carbonyl (C=O) groups excluding carboxylic acids is 1. The molecule has 1 N–H and O–H groups in total. The number of hydrogen-bond acceptors (Lipinski definition) is 9. The van der Waals surface area contributed by atoms with E-state index in [-0.39, 0.29) is 29.8 Å². The van der Waals surface area contributed by atoms with E-state index in [4.69, 9.17) is 14.0 Å². The van der Waals surface area contributed by atoms with Gasteiger partial charge >= 0.3 is 0 Å². The summed E-state index contributed by atoms with van der Waals surface area (Å²) in [6.07, 6.45) is 0.880. The molecule has 0 bridgehead atoms. The van der Waals surface area contributed by atoms with Gasteiger partial charge in [0.05, 0.1) is 9.77 Å². The Hall–Kier alpha value is -2.96. The number of amides is 1. The van der Waals surface area contributed by atoms with Gasteiger partial charge in [0.2, 0.25) is 27.6 Å². The molecule has 2 aliphatic heterocycles. The van der Waals surface area contributed by atoms with Crippen LogP contribution in [0.1, 0.15) is 23.6 Å². The Morgan fingerprint density at radius 3 is 2.56 bits per heavy atom. The number of hydrogen-bond donors (Lipinski definition) is 1. The molecule has 0 saturated carbocycles. The lowest BCUT2D eigenvalue weighted by molar-refractivity contribution is -0.120. The molecular weight excluding hydrogens is 480 g/mol. The Balaban J connectivity index is 1.23. The van der Waals surface area contributed by atoms with E-state index in [0.717, 1.165) is 0 Å². The first-order valence-electron chi connectivity index (χ1n) is 10.9. The number of ether oxygens (including phenoxy) is 2. The van der Waals surface area contributed by atoms with Crippen LogP contribution in [-0.4, -0.2) is 55.1 Å². The summed E-state index contributed by atoms with van der Waals surface area (Å²) in [6.45, 7) is 4.96. The number of thiophene rings is 1. The minimum atomic E-state index is -3.70. The maximum Gasteiger partial charge on any atom is 0.244 e. The molecule has 3 aromatic rings. The Kier molecular flexibility index (Phi) is 6.04. The van der Waals surface area contributed by atoms with E-state index in [1.807, 2.05) is 0 Å². The van der Waals surface area contributed by atoms with Gasteiger partial charge in [-0.05, 0) is 38.0 Å². The fourth-order valence-electron chi connectivity index (χ4n) is 4.09. The average molecular weight is 505 g/mol. The largest absolute Gasteiger partial charge is 0.486 e. The van der Waals surface area contributed by atoms with E-state index in [2.05, 4.69) is 15.5 Å². The van der Waals surface area contributed by atoms with Crippen molar-refractivity contribution in [3.8, 4) is 22.2 Å². The normalized spacial score (nSPS) is 17.0. The third kappa shape index (κ3) is 4.40. The number of anilines is 1. The zero-order valence-electron chi connectivity index (χ0n) is 18.7. The van der Waals surface area contributed by atoms with Crippen molar-refractivity contribution < 1.29 is 27.2 Å². The summed E-state index contributed by atoms with van der Waals surface area (Å²) >= 11 is 1.31. The van der Waals surface area contributed by atoms with E-state index in [0.29, 0.717) is 64.7 Å². The predicted molar refractivity (Wildman–Crippen MR) is 125 cm³/mol. The van der Waals surface area contributed by atoms with Crippen LogP contribution in [0.15, 0.2) is 33.7 Å². The summed E-state index contributed by atoms with van der Waals surface area (Å²) in [5.74, 6) is 1.65. The van der Waals surface area contributed by atoms with Gasteiger partial charge in [0.1, 0.15) is 13.2 Å². The van der Waals surface area contributed by atoms with E-state index in [1.165, 1.54) is 15.6 Å². The quantitative estimate of drug-likeness (QED) is 0.562. The molecule has 1 amide bonds. The first-order chi connectivity index (χ1) is 16.3. The second kappa shape index (κ2) is 9.01. The van der Waals surface area contributed by atoms with Crippen molar-refractivity contribution in [2.45, 2.75) is 31.6 Å². The molecule has 180 valence electrons. The third-order valence-corrected chi connectivity index (χ3v) is 9.07. The Labute approximate surface area is 200 Å². The zero-order chi connectivity index (χ0) is 23.9. The highest BCUT2D eigenvalue weighted by atomic mass is 32.2. The molecule has 0 aliphatic carbocycles. The minimum Gasteiger partial charge on any atom is -0.486 e. The van der Waals surface area contributed by atoms with Crippen molar-refractivity contribution in [1.29, 1.82) is 0 Å². The van der Waals surface area contributed by atoms with Crippen LogP contribution < -0.4 is 14.8 Å². The molecule has 5 rings (SSSR count). The van der Waals surface area contributed by atoms with Crippen LogP contribution in [0.2, 0.25) is 0 Å². The molecule has 2 aliphatic rings. The van der Waals surface area contributed by atoms with Gasteiger partial charge < -0.3 is 19.3 Å². The number of piperidine rings is 1. The van der Waals surface area contributed by atoms with E-state index >= 15 is 0 Å². The minimum absolute atomic E-state index is 0.129. The maximum absolute atomic E-state index is 13.3. The zero-order valence-corrected chi connectivity index (χ0v) is 20.4. The van der Waals surface area contributed by atoms with Crippen LogP contribution in [0.4, 0.5) is 5.69 Å². The summed E-state index contributed by atoms with van der Waals surface area (Å²) in [5, 5.41) is 6.80. The van der Waals surface area contributed by atoms with Crippen LogP contribution >= 0.6 is 11.3 Å². The smallest absolute Gasteiger partial charge is 0.244 e. The molecule has 2 aromatic heterocycles. The molecule has 10 nitrogen and oxygen atoms in total. The fraction of sp³-hybridized carbons (Fsp3) is 0.409. The van der Waals surface area contributed by atoms with Crippen molar-refractivity contribution in [3.63, 3.8) is 0 Å². The molecule has 0 spiro atoms. The van der Waals surface area contributed by atoms with Gasteiger partial charge in [0.15, 0.2) is 11.5 Å². The molecule has 0 unspecified atom stereocenters.